The van der Waals surface area contributed by atoms with Gasteiger partial charge in [-0.15, -0.1) is 0 Å². The van der Waals surface area contributed by atoms with E-state index < -0.39 is 0 Å². The van der Waals surface area contributed by atoms with E-state index in [-0.39, 0.29) is 18.4 Å². The summed E-state index contributed by atoms with van der Waals surface area (Å²) in [7, 11) is 1.58. The second kappa shape index (κ2) is 7.50. The van der Waals surface area contributed by atoms with Gasteiger partial charge in [0.15, 0.2) is 0 Å². The third-order valence-corrected chi connectivity index (χ3v) is 3.38. The summed E-state index contributed by atoms with van der Waals surface area (Å²) in [4.78, 5) is 27.2. The Morgan fingerprint density at radius 1 is 1.05 bits per heavy atom. The summed E-state index contributed by atoms with van der Waals surface area (Å²) in [5, 5.41) is 0.786. The maximum atomic E-state index is 12.2. The molecule has 0 N–H and O–H groups in total. The molecule has 6 heteroatoms. The van der Waals surface area contributed by atoms with Gasteiger partial charge in [-0.05, 0) is 32.0 Å². The van der Waals surface area contributed by atoms with Gasteiger partial charge in [0.05, 0.1) is 6.54 Å². The third kappa shape index (κ3) is 4.39. The number of carbonyl (C=O) groups is 2. The molecule has 1 aromatic rings. The molecular weight excluding hydrogens is 299 g/mol. The first-order valence-corrected chi connectivity index (χ1v) is 7.14. The standard InChI is InChI=1S/C14H18Cl2N2O2/c1-4-18(5-2)13(19)9-17(3)14(20)10-6-11(15)8-12(16)7-10/h6-8H,4-5,9H2,1-3H3. The zero-order chi connectivity index (χ0) is 15.3. The highest BCUT2D eigenvalue weighted by Crippen LogP contribution is 2.19. The molecule has 0 saturated carbocycles. The molecule has 0 aliphatic carbocycles. The van der Waals surface area contributed by atoms with Gasteiger partial charge < -0.3 is 9.80 Å². The SMILES string of the molecule is CCN(CC)C(=O)CN(C)C(=O)c1cc(Cl)cc(Cl)c1. The monoisotopic (exact) mass is 316 g/mol. The lowest BCUT2D eigenvalue weighted by Crippen LogP contribution is -2.41. The summed E-state index contributed by atoms with van der Waals surface area (Å²) in [6.45, 7) is 5.09. The zero-order valence-electron chi connectivity index (χ0n) is 11.8. The minimum atomic E-state index is -0.282. The molecule has 20 heavy (non-hydrogen) atoms. The Morgan fingerprint density at radius 3 is 2.00 bits per heavy atom. The maximum absolute atomic E-state index is 12.2. The van der Waals surface area contributed by atoms with Crippen LogP contribution >= 0.6 is 23.2 Å². The number of amides is 2. The molecule has 0 spiro atoms. The van der Waals surface area contributed by atoms with E-state index in [1.807, 2.05) is 13.8 Å². The molecule has 0 bridgehead atoms. The summed E-state index contributed by atoms with van der Waals surface area (Å²) in [6.07, 6.45) is 0. The lowest BCUT2D eigenvalue weighted by Gasteiger charge is -2.23. The fourth-order valence-corrected chi connectivity index (χ4v) is 2.37. The van der Waals surface area contributed by atoms with Gasteiger partial charge in [0, 0.05) is 35.7 Å². The van der Waals surface area contributed by atoms with Crippen LogP contribution in [0.5, 0.6) is 0 Å². The van der Waals surface area contributed by atoms with Crippen LogP contribution in [0.4, 0.5) is 0 Å². The molecule has 0 saturated heterocycles. The summed E-state index contributed by atoms with van der Waals surface area (Å²) < 4.78 is 0. The Kier molecular flexibility index (Phi) is 6.30. The van der Waals surface area contributed by atoms with E-state index in [0.29, 0.717) is 28.7 Å². The van der Waals surface area contributed by atoms with E-state index in [1.54, 1.807) is 18.0 Å². The summed E-state index contributed by atoms with van der Waals surface area (Å²) in [6, 6.07) is 4.63. The van der Waals surface area contributed by atoms with Crippen molar-refractivity contribution in [2.24, 2.45) is 0 Å². The van der Waals surface area contributed by atoms with E-state index in [1.165, 1.54) is 17.0 Å². The smallest absolute Gasteiger partial charge is 0.254 e. The van der Waals surface area contributed by atoms with Crippen LogP contribution in [-0.2, 0) is 4.79 Å². The van der Waals surface area contributed by atoms with E-state index in [4.69, 9.17) is 23.2 Å². The van der Waals surface area contributed by atoms with Crippen molar-refractivity contribution in [2.45, 2.75) is 13.8 Å². The van der Waals surface area contributed by atoms with Gasteiger partial charge in [-0.25, -0.2) is 0 Å². The molecule has 0 aliphatic heterocycles. The molecular formula is C14H18Cl2N2O2. The van der Waals surface area contributed by atoms with Crippen molar-refractivity contribution in [1.29, 1.82) is 0 Å². The van der Waals surface area contributed by atoms with Crippen LogP contribution in [0.1, 0.15) is 24.2 Å². The molecule has 0 fully saturated rings. The Morgan fingerprint density at radius 2 is 1.55 bits per heavy atom. The van der Waals surface area contributed by atoms with Crippen LogP contribution < -0.4 is 0 Å². The molecule has 0 aliphatic rings. The fourth-order valence-electron chi connectivity index (χ4n) is 1.85. The summed E-state index contributed by atoms with van der Waals surface area (Å²) >= 11 is 11.7. The molecule has 0 aromatic heterocycles. The second-order valence-corrected chi connectivity index (χ2v) is 5.26. The number of carbonyl (C=O) groups excluding carboxylic acids is 2. The number of likely N-dealkylation sites (N-methyl/N-ethyl adjacent to an activating group) is 2. The number of nitrogens with zero attached hydrogens (tertiary/aromatic N) is 2. The minimum Gasteiger partial charge on any atom is -0.342 e. The van der Waals surface area contributed by atoms with Crippen molar-refractivity contribution in [3.05, 3.63) is 33.8 Å². The highest BCUT2D eigenvalue weighted by molar-refractivity contribution is 6.35. The van der Waals surface area contributed by atoms with Crippen molar-refractivity contribution in [2.75, 3.05) is 26.7 Å². The zero-order valence-corrected chi connectivity index (χ0v) is 13.3. The van der Waals surface area contributed by atoms with Crippen LogP contribution in [0.2, 0.25) is 10.0 Å². The Labute approximate surface area is 129 Å². The van der Waals surface area contributed by atoms with Gasteiger partial charge in [0.2, 0.25) is 5.91 Å². The molecule has 0 radical (unpaired) electrons. The molecule has 0 heterocycles. The minimum absolute atomic E-state index is 0.0324. The number of rotatable bonds is 5. The van der Waals surface area contributed by atoms with Crippen LogP contribution in [0.25, 0.3) is 0 Å². The molecule has 1 aromatic carbocycles. The molecule has 4 nitrogen and oxygen atoms in total. The first-order chi connectivity index (χ1) is 9.38. The number of hydrogen-bond acceptors (Lipinski definition) is 2. The van der Waals surface area contributed by atoms with Gasteiger partial charge in [-0.2, -0.15) is 0 Å². The summed E-state index contributed by atoms with van der Waals surface area (Å²) in [5.41, 5.74) is 0.373. The van der Waals surface area contributed by atoms with Gasteiger partial charge in [0.25, 0.3) is 5.91 Å². The molecule has 110 valence electrons. The van der Waals surface area contributed by atoms with Gasteiger partial charge in [-0.3, -0.25) is 9.59 Å². The van der Waals surface area contributed by atoms with E-state index in [2.05, 4.69) is 0 Å². The lowest BCUT2D eigenvalue weighted by atomic mass is 10.2. The number of benzene rings is 1. The topological polar surface area (TPSA) is 40.6 Å². The summed E-state index contributed by atoms with van der Waals surface area (Å²) in [5.74, 6) is -0.367. The highest BCUT2D eigenvalue weighted by Gasteiger charge is 2.18. The van der Waals surface area contributed by atoms with Crippen LogP contribution in [0.15, 0.2) is 18.2 Å². The first-order valence-electron chi connectivity index (χ1n) is 6.38. The third-order valence-electron chi connectivity index (χ3n) is 2.94. The quantitative estimate of drug-likeness (QED) is 0.838. The van der Waals surface area contributed by atoms with E-state index in [0.717, 1.165) is 0 Å². The van der Waals surface area contributed by atoms with Gasteiger partial charge in [-0.1, -0.05) is 23.2 Å². The van der Waals surface area contributed by atoms with Crippen molar-refractivity contribution in [3.63, 3.8) is 0 Å². The number of hydrogen-bond donors (Lipinski definition) is 0. The first kappa shape index (κ1) is 16.8. The average Bonchev–Trinajstić information content (AvgIpc) is 2.37. The largest absolute Gasteiger partial charge is 0.342 e. The van der Waals surface area contributed by atoms with Crippen molar-refractivity contribution in [1.82, 2.24) is 9.80 Å². The Hall–Kier alpha value is -1.26. The lowest BCUT2D eigenvalue weighted by molar-refractivity contribution is -0.131. The van der Waals surface area contributed by atoms with Gasteiger partial charge >= 0.3 is 0 Å². The Balaban J connectivity index is 2.79. The van der Waals surface area contributed by atoms with Crippen LogP contribution in [0.3, 0.4) is 0 Å². The van der Waals surface area contributed by atoms with Crippen molar-refractivity contribution in [3.8, 4) is 0 Å². The Bertz CT molecular complexity index is 482. The van der Waals surface area contributed by atoms with E-state index in [9.17, 15) is 9.59 Å². The molecule has 1 rings (SSSR count). The fraction of sp³-hybridized carbons (Fsp3) is 0.429. The highest BCUT2D eigenvalue weighted by atomic mass is 35.5. The molecule has 0 unspecified atom stereocenters. The normalized spacial score (nSPS) is 10.2. The average molecular weight is 317 g/mol. The van der Waals surface area contributed by atoms with Crippen LogP contribution in [0, 0.1) is 0 Å². The van der Waals surface area contributed by atoms with E-state index >= 15 is 0 Å². The molecule has 2 amide bonds. The van der Waals surface area contributed by atoms with Gasteiger partial charge in [0.1, 0.15) is 0 Å². The van der Waals surface area contributed by atoms with Crippen molar-refractivity contribution >= 4 is 35.0 Å². The number of halogens is 2. The van der Waals surface area contributed by atoms with Crippen LogP contribution in [-0.4, -0.2) is 48.3 Å². The predicted molar refractivity (Wildman–Crippen MR) is 81.4 cm³/mol. The predicted octanol–water partition coefficient (Wildman–Crippen LogP) is 2.93. The molecule has 0 atom stereocenters. The second-order valence-electron chi connectivity index (χ2n) is 4.39. The maximum Gasteiger partial charge on any atom is 0.254 e. The van der Waals surface area contributed by atoms with Crippen molar-refractivity contribution < 1.29 is 9.59 Å².